The Hall–Kier alpha value is -2.63. The standard InChI is InChI=1S/C16H17N3O3/c1-22-16(21)14-12-9-11(7-8-13(12)18-19-14)17-15(20)10-5-3-2-4-6-10/h2-3,7-10H,4-6H2,1H3,(H,17,20)(H,18,19)/t10-/m1/s1. The SMILES string of the molecule is COC(=O)c1n[nH]c2ccc(NC(=O)[C@@H]3CC=CCC3)cc12. The van der Waals surface area contributed by atoms with Gasteiger partial charge in [-0.25, -0.2) is 4.79 Å². The van der Waals surface area contributed by atoms with Crippen molar-refractivity contribution in [3.8, 4) is 0 Å². The number of amides is 1. The lowest BCUT2D eigenvalue weighted by atomic mass is 9.93. The molecule has 1 aromatic carbocycles. The molecule has 0 bridgehead atoms. The lowest BCUT2D eigenvalue weighted by Gasteiger charge is -2.17. The Bertz CT molecular complexity index is 748. The molecule has 6 heteroatoms. The van der Waals surface area contributed by atoms with Crippen molar-refractivity contribution in [3.63, 3.8) is 0 Å². The van der Waals surface area contributed by atoms with Crippen LogP contribution in [0.15, 0.2) is 30.4 Å². The molecule has 1 aliphatic rings. The number of carbonyl (C=O) groups excluding carboxylic acids is 2. The van der Waals surface area contributed by atoms with Gasteiger partial charge in [0.05, 0.1) is 12.6 Å². The summed E-state index contributed by atoms with van der Waals surface area (Å²) in [5.41, 5.74) is 1.59. The number of benzene rings is 1. The van der Waals surface area contributed by atoms with Crippen LogP contribution in [0, 0.1) is 5.92 Å². The maximum atomic E-state index is 12.3. The van der Waals surface area contributed by atoms with Gasteiger partial charge < -0.3 is 10.1 Å². The number of esters is 1. The number of nitrogens with one attached hydrogen (secondary N) is 2. The van der Waals surface area contributed by atoms with E-state index in [1.54, 1.807) is 18.2 Å². The number of methoxy groups -OCH3 is 1. The summed E-state index contributed by atoms with van der Waals surface area (Å²) < 4.78 is 4.70. The summed E-state index contributed by atoms with van der Waals surface area (Å²) >= 11 is 0. The molecule has 0 saturated heterocycles. The molecule has 1 aliphatic carbocycles. The van der Waals surface area contributed by atoms with Gasteiger partial charge in [0.1, 0.15) is 0 Å². The predicted molar refractivity (Wildman–Crippen MR) is 82.5 cm³/mol. The molecule has 3 rings (SSSR count). The van der Waals surface area contributed by atoms with Gasteiger partial charge >= 0.3 is 5.97 Å². The van der Waals surface area contributed by atoms with Crippen molar-refractivity contribution in [3.05, 3.63) is 36.0 Å². The number of fused-ring (bicyclic) bond motifs is 1. The molecule has 0 radical (unpaired) electrons. The largest absolute Gasteiger partial charge is 0.464 e. The molecular weight excluding hydrogens is 282 g/mol. The molecule has 22 heavy (non-hydrogen) atoms. The van der Waals surface area contributed by atoms with E-state index in [0.717, 1.165) is 24.8 Å². The van der Waals surface area contributed by atoms with E-state index in [0.29, 0.717) is 11.1 Å². The number of nitrogens with zero attached hydrogens (tertiary/aromatic N) is 1. The number of hydrogen-bond acceptors (Lipinski definition) is 4. The second-order valence-corrected chi connectivity index (χ2v) is 5.29. The Labute approximate surface area is 127 Å². The number of hydrogen-bond donors (Lipinski definition) is 2. The Morgan fingerprint density at radius 3 is 2.95 bits per heavy atom. The van der Waals surface area contributed by atoms with Crippen LogP contribution in [0.25, 0.3) is 10.9 Å². The van der Waals surface area contributed by atoms with E-state index >= 15 is 0 Å². The van der Waals surface area contributed by atoms with Crippen molar-refractivity contribution in [1.82, 2.24) is 10.2 Å². The van der Waals surface area contributed by atoms with Gasteiger partial charge in [0.15, 0.2) is 5.69 Å². The summed E-state index contributed by atoms with van der Waals surface area (Å²) in [5, 5.41) is 10.3. The second-order valence-electron chi connectivity index (χ2n) is 5.29. The molecule has 1 amide bonds. The number of aromatic nitrogens is 2. The van der Waals surface area contributed by atoms with Crippen LogP contribution in [0.2, 0.25) is 0 Å². The van der Waals surface area contributed by atoms with Gasteiger partial charge in [0.25, 0.3) is 0 Å². The highest BCUT2D eigenvalue weighted by atomic mass is 16.5. The Kier molecular flexibility index (Phi) is 3.91. The Morgan fingerprint density at radius 1 is 1.36 bits per heavy atom. The van der Waals surface area contributed by atoms with Gasteiger partial charge in [-0.3, -0.25) is 9.89 Å². The van der Waals surface area contributed by atoms with E-state index in [1.807, 2.05) is 6.08 Å². The van der Waals surface area contributed by atoms with E-state index in [1.165, 1.54) is 7.11 Å². The molecule has 6 nitrogen and oxygen atoms in total. The van der Waals surface area contributed by atoms with Crippen molar-refractivity contribution >= 4 is 28.5 Å². The van der Waals surface area contributed by atoms with Crippen LogP contribution < -0.4 is 5.32 Å². The highest BCUT2D eigenvalue weighted by molar-refractivity contribution is 6.04. The minimum Gasteiger partial charge on any atom is -0.464 e. The number of H-pyrrole nitrogens is 1. The summed E-state index contributed by atoms with van der Waals surface area (Å²) in [5.74, 6) is -0.496. The topological polar surface area (TPSA) is 84.1 Å². The minimum absolute atomic E-state index is 0.00474. The molecule has 0 aliphatic heterocycles. The summed E-state index contributed by atoms with van der Waals surface area (Å²) in [4.78, 5) is 23.9. The third-order valence-corrected chi connectivity index (χ3v) is 3.85. The molecule has 2 aromatic rings. The first kappa shape index (κ1) is 14.3. The van der Waals surface area contributed by atoms with Gasteiger partial charge in [0.2, 0.25) is 5.91 Å². The van der Waals surface area contributed by atoms with Crippen molar-refractivity contribution in [2.45, 2.75) is 19.3 Å². The van der Waals surface area contributed by atoms with Crippen LogP contribution in [0.4, 0.5) is 5.69 Å². The van der Waals surface area contributed by atoms with E-state index in [4.69, 9.17) is 4.74 Å². The van der Waals surface area contributed by atoms with E-state index in [2.05, 4.69) is 21.6 Å². The van der Waals surface area contributed by atoms with Gasteiger partial charge in [-0.15, -0.1) is 0 Å². The van der Waals surface area contributed by atoms with Crippen LogP contribution in [-0.2, 0) is 9.53 Å². The van der Waals surface area contributed by atoms with E-state index < -0.39 is 5.97 Å². The first-order valence-electron chi connectivity index (χ1n) is 7.21. The fourth-order valence-electron chi connectivity index (χ4n) is 2.62. The molecule has 0 unspecified atom stereocenters. The third-order valence-electron chi connectivity index (χ3n) is 3.85. The number of anilines is 1. The maximum Gasteiger partial charge on any atom is 0.359 e. The lowest BCUT2D eigenvalue weighted by Crippen LogP contribution is -2.23. The molecule has 1 aromatic heterocycles. The number of carbonyl (C=O) groups is 2. The van der Waals surface area contributed by atoms with Crippen LogP contribution in [0.3, 0.4) is 0 Å². The minimum atomic E-state index is -0.507. The van der Waals surface area contributed by atoms with Gasteiger partial charge in [-0.1, -0.05) is 12.2 Å². The summed E-state index contributed by atoms with van der Waals surface area (Å²) in [6.45, 7) is 0. The van der Waals surface area contributed by atoms with Crippen molar-refractivity contribution in [1.29, 1.82) is 0 Å². The maximum absolute atomic E-state index is 12.3. The van der Waals surface area contributed by atoms with Crippen LogP contribution in [0.5, 0.6) is 0 Å². The molecule has 0 spiro atoms. The summed E-state index contributed by atoms with van der Waals surface area (Å²) in [6, 6.07) is 5.31. The molecule has 0 fully saturated rings. The normalized spacial score (nSPS) is 17.4. The van der Waals surface area contributed by atoms with Crippen LogP contribution in [-0.4, -0.2) is 29.2 Å². The number of aromatic amines is 1. The average Bonchev–Trinajstić information content (AvgIpc) is 2.98. The monoisotopic (exact) mass is 299 g/mol. The van der Waals surface area contributed by atoms with Crippen molar-refractivity contribution < 1.29 is 14.3 Å². The van der Waals surface area contributed by atoms with Crippen LogP contribution >= 0.6 is 0 Å². The first-order chi connectivity index (χ1) is 10.7. The zero-order chi connectivity index (χ0) is 15.5. The van der Waals surface area contributed by atoms with Crippen molar-refractivity contribution in [2.75, 3.05) is 12.4 Å². The number of ether oxygens (including phenoxy) is 1. The summed E-state index contributed by atoms with van der Waals surface area (Å²) in [7, 11) is 1.31. The zero-order valence-electron chi connectivity index (χ0n) is 12.3. The first-order valence-corrected chi connectivity index (χ1v) is 7.21. The average molecular weight is 299 g/mol. The lowest BCUT2D eigenvalue weighted by molar-refractivity contribution is -0.120. The predicted octanol–water partition coefficient (Wildman–Crippen LogP) is 2.64. The van der Waals surface area contributed by atoms with Gasteiger partial charge in [0, 0.05) is 17.0 Å². The van der Waals surface area contributed by atoms with E-state index in [9.17, 15) is 9.59 Å². The highest BCUT2D eigenvalue weighted by Crippen LogP contribution is 2.24. The molecule has 1 heterocycles. The Balaban J connectivity index is 1.83. The fourth-order valence-corrected chi connectivity index (χ4v) is 2.62. The quantitative estimate of drug-likeness (QED) is 0.674. The summed E-state index contributed by atoms with van der Waals surface area (Å²) in [6.07, 6.45) is 6.72. The van der Waals surface area contributed by atoms with Crippen molar-refractivity contribution in [2.24, 2.45) is 5.92 Å². The number of allylic oxidation sites excluding steroid dienone is 2. The van der Waals surface area contributed by atoms with Crippen LogP contribution in [0.1, 0.15) is 29.8 Å². The molecule has 0 saturated carbocycles. The van der Waals surface area contributed by atoms with Gasteiger partial charge in [-0.05, 0) is 37.5 Å². The highest BCUT2D eigenvalue weighted by Gasteiger charge is 2.20. The number of rotatable bonds is 3. The molecular formula is C16H17N3O3. The third kappa shape index (κ3) is 2.72. The van der Waals surface area contributed by atoms with E-state index in [-0.39, 0.29) is 17.5 Å². The molecule has 114 valence electrons. The van der Waals surface area contributed by atoms with Gasteiger partial charge in [-0.2, -0.15) is 5.10 Å². The Morgan fingerprint density at radius 2 is 2.23 bits per heavy atom. The molecule has 1 atom stereocenters. The second kappa shape index (κ2) is 6.01. The smallest absolute Gasteiger partial charge is 0.359 e. The zero-order valence-corrected chi connectivity index (χ0v) is 12.3. The fraction of sp³-hybridized carbons (Fsp3) is 0.312. The molecule has 2 N–H and O–H groups in total.